The SMILES string of the molecule is O=C(CCCc1nc(-c2ccc(F)cc2)no1)NCC(=O)NC1CC1. The molecular weight excluding hydrogens is 327 g/mol. The summed E-state index contributed by atoms with van der Waals surface area (Å²) in [6, 6.07) is 6.09. The number of hydrogen-bond donors (Lipinski definition) is 2. The van der Waals surface area contributed by atoms with Gasteiger partial charge in [0, 0.05) is 24.4 Å². The van der Waals surface area contributed by atoms with Gasteiger partial charge in [0.2, 0.25) is 23.5 Å². The molecule has 1 fully saturated rings. The van der Waals surface area contributed by atoms with E-state index in [1.807, 2.05) is 0 Å². The molecule has 0 atom stereocenters. The Kier molecular flexibility index (Phi) is 5.37. The second kappa shape index (κ2) is 7.87. The molecule has 1 aliphatic rings. The number of aryl methyl sites for hydroxylation is 1. The summed E-state index contributed by atoms with van der Waals surface area (Å²) >= 11 is 0. The fraction of sp³-hybridized carbons (Fsp3) is 0.412. The molecule has 132 valence electrons. The van der Waals surface area contributed by atoms with E-state index in [0.717, 1.165) is 12.8 Å². The van der Waals surface area contributed by atoms with Gasteiger partial charge in [-0.1, -0.05) is 5.16 Å². The lowest BCUT2D eigenvalue weighted by molar-refractivity contribution is -0.126. The quantitative estimate of drug-likeness (QED) is 0.757. The van der Waals surface area contributed by atoms with Crippen LogP contribution in [0.15, 0.2) is 28.8 Å². The number of halogens is 1. The van der Waals surface area contributed by atoms with E-state index < -0.39 is 0 Å². The summed E-state index contributed by atoms with van der Waals surface area (Å²) in [4.78, 5) is 27.4. The molecule has 0 unspecified atom stereocenters. The van der Waals surface area contributed by atoms with Crippen LogP contribution in [0.1, 0.15) is 31.6 Å². The van der Waals surface area contributed by atoms with Crippen molar-refractivity contribution in [2.75, 3.05) is 6.54 Å². The molecule has 1 aromatic heterocycles. The van der Waals surface area contributed by atoms with Crippen LogP contribution in [-0.2, 0) is 16.0 Å². The van der Waals surface area contributed by atoms with Crippen LogP contribution in [0.5, 0.6) is 0 Å². The Balaban J connectivity index is 1.37. The maximum atomic E-state index is 12.9. The molecule has 7 nitrogen and oxygen atoms in total. The minimum absolute atomic E-state index is 0.00457. The molecule has 2 N–H and O–H groups in total. The Bertz CT molecular complexity index is 741. The summed E-state index contributed by atoms with van der Waals surface area (Å²) in [5, 5.41) is 9.23. The van der Waals surface area contributed by atoms with Crippen LogP contribution in [0.2, 0.25) is 0 Å². The molecule has 1 saturated carbocycles. The summed E-state index contributed by atoms with van der Waals surface area (Å²) in [5.41, 5.74) is 0.663. The van der Waals surface area contributed by atoms with Crippen molar-refractivity contribution < 1.29 is 18.5 Å². The number of nitrogens with zero attached hydrogens (tertiary/aromatic N) is 2. The van der Waals surface area contributed by atoms with Crippen molar-refractivity contribution in [2.45, 2.75) is 38.1 Å². The van der Waals surface area contributed by atoms with Crippen LogP contribution >= 0.6 is 0 Å². The van der Waals surface area contributed by atoms with E-state index in [1.165, 1.54) is 12.1 Å². The lowest BCUT2D eigenvalue weighted by Gasteiger charge is -2.05. The highest BCUT2D eigenvalue weighted by atomic mass is 19.1. The van der Waals surface area contributed by atoms with Gasteiger partial charge in [0.05, 0.1) is 6.54 Å². The zero-order valence-corrected chi connectivity index (χ0v) is 13.6. The normalized spacial score (nSPS) is 13.5. The third-order valence-electron chi connectivity index (χ3n) is 3.75. The van der Waals surface area contributed by atoms with Crippen LogP contribution in [0.4, 0.5) is 4.39 Å². The Morgan fingerprint density at radius 3 is 2.68 bits per heavy atom. The molecule has 0 bridgehead atoms. The molecular formula is C17H19FN4O3. The summed E-state index contributed by atoms with van der Waals surface area (Å²) in [6.45, 7) is 0.00457. The first-order chi connectivity index (χ1) is 12.1. The molecule has 0 aliphatic heterocycles. The molecule has 0 saturated heterocycles. The van der Waals surface area contributed by atoms with Gasteiger partial charge in [0.15, 0.2) is 0 Å². The Morgan fingerprint density at radius 2 is 1.96 bits per heavy atom. The standard InChI is InChI=1S/C17H19FN4O3/c18-12-6-4-11(5-7-12)17-21-16(25-22-17)3-1-2-14(23)19-10-15(24)20-13-8-9-13/h4-7,13H,1-3,8-10H2,(H,19,23)(H,20,24). The molecule has 25 heavy (non-hydrogen) atoms. The van der Waals surface area contributed by atoms with Crippen molar-refractivity contribution in [2.24, 2.45) is 0 Å². The lowest BCUT2D eigenvalue weighted by atomic mass is 10.2. The average molecular weight is 346 g/mol. The fourth-order valence-corrected chi connectivity index (χ4v) is 2.25. The molecule has 0 spiro atoms. The van der Waals surface area contributed by atoms with Gasteiger partial charge in [0.1, 0.15) is 5.82 Å². The van der Waals surface area contributed by atoms with Gasteiger partial charge in [-0.15, -0.1) is 0 Å². The van der Waals surface area contributed by atoms with Crippen molar-refractivity contribution in [3.8, 4) is 11.4 Å². The van der Waals surface area contributed by atoms with E-state index >= 15 is 0 Å². The Morgan fingerprint density at radius 1 is 1.20 bits per heavy atom. The van der Waals surface area contributed by atoms with Crippen molar-refractivity contribution in [1.82, 2.24) is 20.8 Å². The second-order valence-corrected chi connectivity index (χ2v) is 5.99. The number of rotatable bonds is 8. The molecule has 1 aliphatic carbocycles. The highest BCUT2D eigenvalue weighted by Crippen LogP contribution is 2.18. The van der Waals surface area contributed by atoms with Crippen LogP contribution < -0.4 is 10.6 Å². The third kappa shape index (κ3) is 5.37. The van der Waals surface area contributed by atoms with Crippen molar-refractivity contribution in [1.29, 1.82) is 0 Å². The number of hydrogen-bond acceptors (Lipinski definition) is 5. The zero-order chi connectivity index (χ0) is 17.6. The molecule has 1 heterocycles. The van der Waals surface area contributed by atoms with Crippen LogP contribution in [0.3, 0.4) is 0 Å². The largest absolute Gasteiger partial charge is 0.352 e. The number of aromatic nitrogens is 2. The van der Waals surface area contributed by atoms with E-state index in [2.05, 4.69) is 20.8 Å². The zero-order valence-electron chi connectivity index (χ0n) is 13.6. The first-order valence-corrected chi connectivity index (χ1v) is 8.25. The smallest absolute Gasteiger partial charge is 0.239 e. The second-order valence-electron chi connectivity index (χ2n) is 5.99. The number of carbonyl (C=O) groups excluding carboxylic acids is 2. The minimum atomic E-state index is -0.329. The summed E-state index contributed by atoms with van der Waals surface area (Å²) in [7, 11) is 0. The monoisotopic (exact) mass is 346 g/mol. The van der Waals surface area contributed by atoms with Crippen LogP contribution in [0.25, 0.3) is 11.4 Å². The van der Waals surface area contributed by atoms with Gasteiger partial charge >= 0.3 is 0 Å². The maximum absolute atomic E-state index is 12.9. The highest BCUT2D eigenvalue weighted by Gasteiger charge is 2.23. The minimum Gasteiger partial charge on any atom is -0.352 e. The average Bonchev–Trinajstić information content (AvgIpc) is 3.28. The number of benzene rings is 1. The van der Waals surface area contributed by atoms with E-state index in [-0.39, 0.29) is 36.6 Å². The Labute approximate surface area is 144 Å². The third-order valence-corrected chi connectivity index (χ3v) is 3.75. The fourth-order valence-electron chi connectivity index (χ4n) is 2.25. The van der Waals surface area contributed by atoms with E-state index in [1.54, 1.807) is 12.1 Å². The Hall–Kier alpha value is -2.77. The highest BCUT2D eigenvalue weighted by molar-refractivity contribution is 5.84. The van der Waals surface area contributed by atoms with E-state index in [4.69, 9.17) is 4.52 Å². The van der Waals surface area contributed by atoms with Gasteiger partial charge in [0.25, 0.3) is 0 Å². The van der Waals surface area contributed by atoms with Crippen molar-refractivity contribution in [3.63, 3.8) is 0 Å². The van der Waals surface area contributed by atoms with Gasteiger partial charge < -0.3 is 15.2 Å². The van der Waals surface area contributed by atoms with Crippen LogP contribution in [-0.4, -0.2) is 34.5 Å². The number of carbonyl (C=O) groups is 2. The molecule has 8 heteroatoms. The summed E-state index contributed by atoms with van der Waals surface area (Å²) < 4.78 is 18.0. The van der Waals surface area contributed by atoms with Gasteiger partial charge in [-0.05, 0) is 43.5 Å². The van der Waals surface area contributed by atoms with E-state index in [9.17, 15) is 14.0 Å². The molecule has 2 amide bonds. The molecule has 3 rings (SSSR count). The van der Waals surface area contributed by atoms with Gasteiger partial charge in [-0.2, -0.15) is 4.98 Å². The number of amides is 2. The van der Waals surface area contributed by atoms with E-state index in [0.29, 0.717) is 30.1 Å². The topological polar surface area (TPSA) is 97.1 Å². The predicted molar refractivity (Wildman–Crippen MR) is 86.8 cm³/mol. The first kappa shape index (κ1) is 17.1. The lowest BCUT2D eigenvalue weighted by Crippen LogP contribution is -2.37. The number of nitrogens with one attached hydrogen (secondary N) is 2. The molecule has 2 aromatic rings. The first-order valence-electron chi connectivity index (χ1n) is 8.25. The molecule has 1 aromatic carbocycles. The van der Waals surface area contributed by atoms with Crippen molar-refractivity contribution in [3.05, 3.63) is 36.0 Å². The predicted octanol–water partition coefficient (Wildman–Crippen LogP) is 1.59. The van der Waals surface area contributed by atoms with Gasteiger partial charge in [-0.25, -0.2) is 4.39 Å². The summed E-state index contributed by atoms with van der Waals surface area (Å²) in [5.74, 6) is 0.125. The van der Waals surface area contributed by atoms with Crippen molar-refractivity contribution >= 4 is 11.8 Å². The maximum Gasteiger partial charge on any atom is 0.239 e. The molecule has 0 radical (unpaired) electrons. The summed E-state index contributed by atoms with van der Waals surface area (Å²) in [6.07, 6.45) is 3.29. The van der Waals surface area contributed by atoms with Crippen LogP contribution in [0, 0.1) is 5.82 Å². The van der Waals surface area contributed by atoms with Gasteiger partial charge in [-0.3, -0.25) is 9.59 Å².